The van der Waals surface area contributed by atoms with E-state index in [0.29, 0.717) is 43.5 Å². The SMILES string of the molecule is COc1cccc(NC(=O)N(CCN2CCOCC2)CC(=O)N(Cc2ccc(F)cc2)Cc2ccco2)c1. The van der Waals surface area contributed by atoms with Crippen molar-refractivity contribution in [1.29, 1.82) is 0 Å². The fourth-order valence-corrected chi connectivity index (χ4v) is 4.14. The second-order valence-corrected chi connectivity index (χ2v) is 8.99. The summed E-state index contributed by atoms with van der Waals surface area (Å²) in [6.07, 6.45) is 1.55. The number of hydrogen-bond acceptors (Lipinski definition) is 6. The van der Waals surface area contributed by atoms with Gasteiger partial charge in [0, 0.05) is 44.5 Å². The quantitative estimate of drug-likeness (QED) is 0.410. The van der Waals surface area contributed by atoms with Crippen molar-refractivity contribution >= 4 is 17.6 Å². The fraction of sp³-hybridized carbons (Fsp3) is 0.357. The van der Waals surface area contributed by atoms with Crippen molar-refractivity contribution in [1.82, 2.24) is 14.7 Å². The molecule has 0 saturated carbocycles. The van der Waals surface area contributed by atoms with E-state index < -0.39 is 0 Å². The number of ether oxygens (including phenoxy) is 2. The lowest BCUT2D eigenvalue weighted by atomic mass is 10.2. The summed E-state index contributed by atoms with van der Waals surface area (Å²) in [5.74, 6) is 0.624. The van der Waals surface area contributed by atoms with Crippen molar-refractivity contribution in [3.8, 4) is 5.75 Å². The summed E-state index contributed by atoms with van der Waals surface area (Å²) in [6.45, 7) is 4.12. The number of rotatable bonds is 11. The summed E-state index contributed by atoms with van der Waals surface area (Å²) < 4.78 is 29.6. The maximum Gasteiger partial charge on any atom is 0.322 e. The van der Waals surface area contributed by atoms with Gasteiger partial charge in [0.15, 0.2) is 0 Å². The zero-order valence-corrected chi connectivity index (χ0v) is 21.5. The lowest BCUT2D eigenvalue weighted by Crippen LogP contribution is -2.48. The smallest absolute Gasteiger partial charge is 0.322 e. The van der Waals surface area contributed by atoms with Gasteiger partial charge in [-0.1, -0.05) is 18.2 Å². The van der Waals surface area contributed by atoms with Gasteiger partial charge in [-0.05, 0) is 42.0 Å². The number of furan rings is 1. The molecular weight excluding hydrogens is 491 g/mol. The van der Waals surface area contributed by atoms with Gasteiger partial charge in [-0.2, -0.15) is 0 Å². The predicted octanol–water partition coefficient (Wildman–Crippen LogP) is 3.82. The topological polar surface area (TPSA) is 87.5 Å². The van der Waals surface area contributed by atoms with Crippen LogP contribution in [0.2, 0.25) is 0 Å². The largest absolute Gasteiger partial charge is 0.497 e. The molecule has 2 aromatic carbocycles. The summed E-state index contributed by atoms with van der Waals surface area (Å²) in [5, 5.41) is 2.88. The first-order chi connectivity index (χ1) is 18.5. The second kappa shape index (κ2) is 13.6. The first kappa shape index (κ1) is 27.2. The Kier molecular flexibility index (Phi) is 9.71. The van der Waals surface area contributed by atoms with E-state index in [-0.39, 0.29) is 37.4 Å². The minimum atomic E-state index is -0.389. The van der Waals surface area contributed by atoms with Crippen LogP contribution in [0.5, 0.6) is 5.75 Å². The summed E-state index contributed by atoms with van der Waals surface area (Å²) in [6, 6.07) is 16.2. The molecule has 2 heterocycles. The molecule has 1 saturated heterocycles. The number of morpholine rings is 1. The highest BCUT2D eigenvalue weighted by atomic mass is 19.1. The predicted molar refractivity (Wildman–Crippen MR) is 140 cm³/mol. The Morgan fingerprint density at radius 3 is 2.53 bits per heavy atom. The van der Waals surface area contributed by atoms with Crippen molar-refractivity contribution < 1.29 is 27.9 Å². The Bertz CT molecular complexity index is 1170. The third-order valence-corrected chi connectivity index (χ3v) is 6.29. The van der Waals surface area contributed by atoms with E-state index in [1.54, 1.807) is 66.8 Å². The lowest BCUT2D eigenvalue weighted by Gasteiger charge is -2.31. The molecule has 0 unspecified atom stereocenters. The molecule has 0 aliphatic carbocycles. The van der Waals surface area contributed by atoms with Crippen LogP contribution in [0.15, 0.2) is 71.3 Å². The first-order valence-electron chi connectivity index (χ1n) is 12.5. The normalized spacial score (nSPS) is 13.6. The number of nitrogens with one attached hydrogen (secondary N) is 1. The van der Waals surface area contributed by atoms with E-state index >= 15 is 0 Å². The Balaban J connectivity index is 1.49. The molecule has 38 heavy (non-hydrogen) atoms. The average molecular weight is 525 g/mol. The number of nitrogens with zero attached hydrogens (tertiary/aromatic N) is 3. The van der Waals surface area contributed by atoms with Gasteiger partial charge in [0.05, 0.1) is 33.1 Å². The van der Waals surface area contributed by atoms with Crippen molar-refractivity contribution in [3.05, 3.63) is 84.1 Å². The monoisotopic (exact) mass is 524 g/mol. The molecule has 1 N–H and O–H groups in total. The molecule has 202 valence electrons. The number of anilines is 1. The average Bonchev–Trinajstić information content (AvgIpc) is 3.45. The van der Waals surface area contributed by atoms with Gasteiger partial charge in [0.1, 0.15) is 23.9 Å². The highest BCUT2D eigenvalue weighted by molar-refractivity contribution is 5.92. The highest BCUT2D eigenvalue weighted by Crippen LogP contribution is 2.18. The molecule has 0 atom stereocenters. The second-order valence-electron chi connectivity index (χ2n) is 8.99. The Morgan fingerprint density at radius 1 is 1.03 bits per heavy atom. The highest BCUT2D eigenvalue weighted by Gasteiger charge is 2.24. The molecular formula is C28H33FN4O5. The third kappa shape index (κ3) is 8.06. The zero-order chi connectivity index (χ0) is 26.7. The number of benzene rings is 2. The molecule has 0 spiro atoms. The molecule has 1 aliphatic rings. The van der Waals surface area contributed by atoms with Crippen molar-refractivity contribution in [2.45, 2.75) is 13.1 Å². The van der Waals surface area contributed by atoms with Crippen molar-refractivity contribution in [2.24, 2.45) is 0 Å². The molecule has 0 radical (unpaired) electrons. The first-order valence-corrected chi connectivity index (χ1v) is 12.5. The number of urea groups is 1. The number of halogens is 1. The maximum absolute atomic E-state index is 13.6. The van der Waals surface area contributed by atoms with Crippen molar-refractivity contribution in [2.75, 3.05) is 58.4 Å². The number of amides is 3. The minimum absolute atomic E-state index is 0.137. The Labute approximate surface area is 221 Å². The van der Waals surface area contributed by atoms with Gasteiger partial charge in [-0.15, -0.1) is 0 Å². The van der Waals surface area contributed by atoms with Crippen LogP contribution in [0, 0.1) is 5.82 Å². The maximum atomic E-state index is 13.6. The van der Waals surface area contributed by atoms with E-state index in [2.05, 4.69) is 10.2 Å². The molecule has 4 rings (SSSR count). The van der Waals surface area contributed by atoms with Crippen LogP contribution >= 0.6 is 0 Å². The van der Waals surface area contributed by atoms with E-state index in [1.807, 2.05) is 0 Å². The van der Waals surface area contributed by atoms with Gasteiger partial charge in [-0.3, -0.25) is 9.69 Å². The summed E-state index contributed by atoms with van der Waals surface area (Å²) in [4.78, 5) is 32.3. The van der Waals surface area contributed by atoms with Gasteiger partial charge >= 0.3 is 6.03 Å². The zero-order valence-electron chi connectivity index (χ0n) is 21.5. The Hall–Kier alpha value is -3.89. The van der Waals surface area contributed by atoms with Gasteiger partial charge in [-0.25, -0.2) is 9.18 Å². The van der Waals surface area contributed by atoms with Crippen LogP contribution in [-0.2, 0) is 22.6 Å². The van der Waals surface area contributed by atoms with Gasteiger partial charge < -0.3 is 29.0 Å². The standard InChI is InChI=1S/C28H33FN4O5/c1-36-25-5-2-4-24(18-25)30-28(35)32(12-11-31-13-16-37-17-14-31)21-27(34)33(20-26-6-3-15-38-26)19-22-7-9-23(29)10-8-22/h2-10,15,18H,11-14,16-17,19-21H2,1H3,(H,30,35). The Morgan fingerprint density at radius 2 is 1.82 bits per heavy atom. The number of hydrogen-bond donors (Lipinski definition) is 1. The van der Waals surface area contributed by atoms with E-state index in [4.69, 9.17) is 13.9 Å². The van der Waals surface area contributed by atoms with Gasteiger partial charge in [0.2, 0.25) is 5.91 Å². The van der Waals surface area contributed by atoms with Crippen LogP contribution in [0.3, 0.4) is 0 Å². The molecule has 1 aromatic heterocycles. The molecule has 3 aromatic rings. The van der Waals surface area contributed by atoms with E-state index in [1.165, 1.54) is 17.0 Å². The number of carbonyl (C=O) groups excluding carboxylic acids is 2. The van der Waals surface area contributed by atoms with Crippen LogP contribution in [0.4, 0.5) is 14.9 Å². The van der Waals surface area contributed by atoms with Crippen LogP contribution < -0.4 is 10.1 Å². The van der Waals surface area contributed by atoms with Crippen molar-refractivity contribution in [3.63, 3.8) is 0 Å². The third-order valence-electron chi connectivity index (χ3n) is 6.29. The number of methoxy groups -OCH3 is 1. The van der Waals surface area contributed by atoms with E-state index in [0.717, 1.165) is 18.7 Å². The van der Waals surface area contributed by atoms with Crippen LogP contribution in [-0.4, -0.2) is 79.7 Å². The number of carbonyl (C=O) groups is 2. The molecule has 1 aliphatic heterocycles. The molecule has 9 nitrogen and oxygen atoms in total. The fourth-order valence-electron chi connectivity index (χ4n) is 4.14. The molecule has 3 amide bonds. The molecule has 10 heteroatoms. The summed E-state index contributed by atoms with van der Waals surface area (Å²) >= 11 is 0. The summed E-state index contributed by atoms with van der Waals surface area (Å²) in [7, 11) is 1.56. The van der Waals surface area contributed by atoms with Crippen LogP contribution in [0.1, 0.15) is 11.3 Å². The van der Waals surface area contributed by atoms with Crippen LogP contribution in [0.25, 0.3) is 0 Å². The van der Waals surface area contributed by atoms with E-state index in [9.17, 15) is 14.0 Å². The lowest BCUT2D eigenvalue weighted by molar-refractivity contribution is -0.133. The molecule has 0 bridgehead atoms. The van der Waals surface area contributed by atoms with Gasteiger partial charge in [0.25, 0.3) is 0 Å². The minimum Gasteiger partial charge on any atom is -0.497 e. The molecule has 1 fully saturated rings. The summed E-state index contributed by atoms with van der Waals surface area (Å²) in [5.41, 5.74) is 1.34.